The fourth-order valence-corrected chi connectivity index (χ4v) is 6.53. The molecule has 0 spiro atoms. The van der Waals surface area contributed by atoms with Crippen LogP contribution in [-0.4, -0.2) is 58.9 Å². The van der Waals surface area contributed by atoms with Crippen LogP contribution < -0.4 is 15.1 Å². The van der Waals surface area contributed by atoms with E-state index in [9.17, 15) is 13.2 Å². The van der Waals surface area contributed by atoms with Gasteiger partial charge in [0.15, 0.2) is 20.8 Å². The number of para-hydroxylation sites is 3. The largest absolute Gasteiger partial charge is 0.495 e. The zero-order valence-corrected chi connectivity index (χ0v) is 23.8. The molecule has 0 bridgehead atoms. The van der Waals surface area contributed by atoms with E-state index >= 15 is 0 Å². The van der Waals surface area contributed by atoms with E-state index in [-0.39, 0.29) is 39.5 Å². The summed E-state index contributed by atoms with van der Waals surface area (Å²) in [7, 11) is -1.98. The van der Waals surface area contributed by atoms with Crippen LogP contribution in [0.15, 0.2) is 86.9 Å². The van der Waals surface area contributed by atoms with Crippen LogP contribution in [0.3, 0.4) is 0 Å². The Bertz CT molecular complexity index is 1600. The topological polar surface area (TPSA) is 80.1 Å². The molecule has 1 aromatic heterocycles. The summed E-state index contributed by atoms with van der Waals surface area (Å²) < 4.78 is 38.5. The Balaban J connectivity index is 0.00000353. The number of hydrogen-bond acceptors (Lipinski definition) is 7. The Hall–Kier alpha value is -3.33. The number of nitrogens with zero attached hydrogens (tertiary/aromatic N) is 2. The van der Waals surface area contributed by atoms with E-state index < -0.39 is 9.84 Å². The summed E-state index contributed by atoms with van der Waals surface area (Å²) in [6, 6.07) is 22.1. The first-order valence-corrected chi connectivity index (χ1v) is 14.5. The third-order valence-corrected chi connectivity index (χ3v) is 8.98. The van der Waals surface area contributed by atoms with E-state index in [0.29, 0.717) is 24.3 Å². The molecule has 0 N–H and O–H groups in total. The average Bonchev–Trinajstić information content (AvgIpc) is 2.95. The van der Waals surface area contributed by atoms with Crippen LogP contribution in [0.1, 0.15) is 12.0 Å². The number of rotatable bonds is 8. The van der Waals surface area contributed by atoms with Crippen molar-refractivity contribution in [1.29, 1.82) is 0 Å². The normalized spacial score (nSPS) is 14.3. The zero-order chi connectivity index (χ0) is 26.7. The van der Waals surface area contributed by atoms with Gasteiger partial charge in [-0.05, 0) is 44.2 Å². The maximum atomic E-state index is 13.4. The van der Waals surface area contributed by atoms with Crippen LogP contribution >= 0.6 is 12.4 Å². The van der Waals surface area contributed by atoms with Crippen molar-refractivity contribution in [3.8, 4) is 17.1 Å². The van der Waals surface area contributed by atoms with Crippen LogP contribution in [0.4, 0.5) is 5.69 Å². The van der Waals surface area contributed by atoms with E-state index in [1.54, 1.807) is 26.2 Å². The van der Waals surface area contributed by atoms with Crippen molar-refractivity contribution in [3.63, 3.8) is 0 Å². The first-order valence-electron chi connectivity index (χ1n) is 12.8. The number of sulfone groups is 1. The van der Waals surface area contributed by atoms with Gasteiger partial charge >= 0.3 is 0 Å². The summed E-state index contributed by atoms with van der Waals surface area (Å²) in [5, 5.41) is 0.288. The Kier molecular flexibility index (Phi) is 9.00. The lowest BCUT2D eigenvalue weighted by Crippen LogP contribution is -2.46. The van der Waals surface area contributed by atoms with Crippen LogP contribution in [0.2, 0.25) is 0 Å². The lowest BCUT2D eigenvalue weighted by atomic mass is 10.1. The molecular weight excluding hydrogens is 536 g/mol. The molecule has 2 heterocycles. The second-order valence-electron chi connectivity index (χ2n) is 9.56. The Morgan fingerprint density at radius 2 is 1.59 bits per heavy atom. The number of ether oxygens (including phenoxy) is 1. The van der Waals surface area contributed by atoms with Gasteiger partial charge in [0.2, 0.25) is 0 Å². The summed E-state index contributed by atoms with van der Waals surface area (Å²) in [5.41, 5.74) is 2.20. The van der Waals surface area contributed by atoms with Gasteiger partial charge in [0, 0.05) is 37.3 Å². The maximum absolute atomic E-state index is 13.4. The highest BCUT2D eigenvalue weighted by molar-refractivity contribution is 7.91. The molecule has 5 rings (SSSR count). The van der Waals surface area contributed by atoms with Crippen LogP contribution in [-0.2, 0) is 9.84 Å². The molecule has 0 amide bonds. The van der Waals surface area contributed by atoms with E-state index in [4.69, 9.17) is 9.15 Å². The molecule has 1 aliphatic rings. The van der Waals surface area contributed by atoms with Crippen molar-refractivity contribution in [2.24, 2.45) is 0 Å². The highest BCUT2D eigenvalue weighted by Crippen LogP contribution is 2.30. The lowest BCUT2D eigenvalue weighted by Gasteiger charge is -2.36. The van der Waals surface area contributed by atoms with Crippen molar-refractivity contribution in [3.05, 3.63) is 88.6 Å². The molecule has 1 aliphatic heterocycles. The number of piperazine rings is 1. The number of anilines is 1. The summed E-state index contributed by atoms with van der Waals surface area (Å²) in [5.74, 6) is 1.25. The first-order chi connectivity index (χ1) is 18.4. The number of hydrogen-bond donors (Lipinski definition) is 0. The molecule has 0 radical (unpaired) electrons. The molecule has 0 saturated carbocycles. The quantitative estimate of drug-likeness (QED) is 0.289. The van der Waals surface area contributed by atoms with E-state index in [0.717, 1.165) is 43.2 Å². The molecule has 0 aliphatic carbocycles. The smallest absolute Gasteiger partial charge is 0.196 e. The molecular formula is C30H33ClN2O5S. The van der Waals surface area contributed by atoms with E-state index in [1.807, 2.05) is 48.5 Å². The van der Waals surface area contributed by atoms with Gasteiger partial charge in [-0.1, -0.05) is 48.5 Å². The van der Waals surface area contributed by atoms with Gasteiger partial charge in [0.25, 0.3) is 0 Å². The molecule has 7 nitrogen and oxygen atoms in total. The second-order valence-corrected chi connectivity index (χ2v) is 11.6. The second kappa shape index (κ2) is 12.2. The molecule has 9 heteroatoms. The average molecular weight is 569 g/mol. The number of benzene rings is 3. The zero-order valence-electron chi connectivity index (χ0n) is 22.1. The Morgan fingerprint density at radius 3 is 2.31 bits per heavy atom. The summed E-state index contributed by atoms with van der Waals surface area (Å²) in [6.07, 6.45) is 0.495. The van der Waals surface area contributed by atoms with Gasteiger partial charge < -0.3 is 14.1 Å². The van der Waals surface area contributed by atoms with Gasteiger partial charge in [0.05, 0.1) is 23.9 Å². The summed E-state index contributed by atoms with van der Waals surface area (Å²) in [4.78, 5) is 17.8. The minimum absolute atomic E-state index is 0. The van der Waals surface area contributed by atoms with Crippen LogP contribution in [0, 0.1) is 6.92 Å². The van der Waals surface area contributed by atoms with Crippen LogP contribution in [0.25, 0.3) is 22.3 Å². The highest BCUT2D eigenvalue weighted by Gasteiger charge is 2.24. The minimum atomic E-state index is -3.67. The Morgan fingerprint density at radius 1 is 0.897 bits per heavy atom. The minimum Gasteiger partial charge on any atom is -0.495 e. The summed E-state index contributed by atoms with van der Waals surface area (Å²) in [6.45, 7) is 5.79. The number of fused-ring (bicyclic) bond motifs is 1. The predicted octanol–water partition coefficient (Wildman–Crippen LogP) is 5.18. The van der Waals surface area contributed by atoms with E-state index in [2.05, 4.69) is 15.9 Å². The van der Waals surface area contributed by atoms with Crippen molar-refractivity contribution < 1.29 is 17.6 Å². The number of methoxy groups -OCH3 is 1. The van der Waals surface area contributed by atoms with Crippen molar-refractivity contribution in [2.45, 2.75) is 18.2 Å². The van der Waals surface area contributed by atoms with Crippen LogP contribution in [0.5, 0.6) is 5.75 Å². The number of halogens is 1. The molecule has 39 heavy (non-hydrogen) atoms. The molecule has 4 aromatic rings. The molecule has 1 fully saturated rings. The van der Waals surface area contributed by atoms with E-state index in [1.165, 1.54) is 6.07 Å². The Labute approximate surface area is 235 Å². The molecule has 3 aromatic carbocycles. The van der Waals surface area contributed by atoms with Gasteiger partial charge in [-0.2, -0.15) is 0 Å². The molecule has 206 valence electrons. The predicted molar refractivity (Wildman–Crippen MR) is 158 cm³/mol. The highest BCUT2D eigenvalue weighted by atomic mass is 35.5. The fourth-order valence-electron chi connectivity index (χ4n) is 5.09. The van der Waals surface area contributed by atoms with Crippen molar-refractivity contribution in [1.82, 2.24) is 4.90 Å². The third kappa shape index (κ3) is 5.98. The molecule has 0 unspecified atom stereocenters. The van der Waals surface area contributed by atoms with Crippen molar-refractivity contribution >= 4 is 38.9 Å². The SMILES string of the molecule is COc1ccccc1N1CCN(CCCS(=O)(=O)c2cccc3c(=O)c(C)c(-c4ccccc4)oc23)CC1.Cl. The standard InChI is InChI=1S/C30H32N2O5S.ClH/c1-22-28(33)24-12-8-15-27(30(24)37-29(22)23-10-4-3-5-11-23)38(34,35)21-9-16-31-17-19-32(20-18-31)25-13-6-7-14-26(25)36-2;/h3-8,10-15H,9,16-21H2,1-2H3;1H. The van der Waals surface area contributed by atoms with Gasteiger partial charge in [-0.3, -0.25) is 9.69 Å². The third-order valence-electron chi connectivity index (χ3n) is 7.17. The lowest BCUT2D eigenvalue weighted by molar-refractivity contribution is 0.258. The van der Waals surface area contributed by atoms with Gasteiger partial charge in [-0.25, -0.2) is 8.42 Å². The van der Waals surface area contributed by atoms with Gasteiger partial charge in [0.1, 0.15) is 16.4 Å². The van der Waals surface area contributed by atoms with Crippen molar-refractivity contribution in [2.75, 3.05) is 50.5 Å². The summed E-state index contributed by atoms with van der Waals surface area (Å²) >= 11 is 0. The maximum Gasteiger partial charge on any atom is 0.196 e. The molecule has 1 saturated heterocycles. The monoisotopic (exact) mass is 568 g/mol. The fraction of sp³-hybridized carbons (Fsp3) is 0.300. The molecule has 0 atom stereocenters. The van der Waals surface area contributed by atoms with Gasteiger partial charge in [-0.15, -0.1) is 12.4 Å². The first kappa shape index (κ1) is 28.7.